The third-order valence-corrected chi connectivity index (χ3v) is 2.74. The zero-order valence-electron chi connectivity index (χ0n) is 11.5. The Kier molecular flexibility index (Phi) is 5.19. The lowest BCUT2D eigenvalue weighted by Crippen LogP contribution is -2.23. The average molecular weight is 261 g/mol. The summed E-state index contributed by atoms with van der Waals surface area (Å²) in [4.78, 5) is 13.7. The third-order valence-electron chi connectivity index (χ3n) is 2.74. The SMILES string of the molecule is CCOC(=O)c1cc(N(C)CC(C)C#N)ccc1N. The fourth-order valence-corrected chi connectivity index (χ4v) is 1.72. The van der Waals surface area contributed by atoms with Crippen LogP contribution < -0.4 is 10.6 Å². The number of ether oxygens (including phenoxy) is 1. The largest absolute Gasteiger partial charge is 0.462 e. The lowest BCUT2D eigenvalue weighted by molar-refractivity contribution is 0.0527. The van der Waals surface area contributed by atoms with Crippen molar-refractivity contribution < 1.29 is 9.53 Å². The van der Waals surface area contributed by atoms with Gasteiger partial charge in [0.15, 0.2) is 0 Å². The van der Waals surface area contributed by atoms with Gasteiger partial charge in [-0.3, -0.25) is 0 Å². The summed E-state index contributed by atoms with van der Waals surface area (Å²) in [6.45, 7) is 4.49. The van der Waals surface area contributed by atoms with Crippen LogP contribution in [0.3, 0.4) is 0 Å². The molecule has 0 saturated heterocycles. The molecule has 0 fully saturated rings. The highest BCUT2D eigenvalue weighted by atomic mass is 16.5. The number of rotatable bonds is 5. The van der Waals surface area contributed by atoms with Crippen molar-refractivity contribution in [3.63, 3.8) is 0 Å². The summed E-state index contributed by atoms with van der Waals surface area (Å²) in [5.74, 6) is -0.517. The van der Waals surface area contributed by atoms with Gasteiger partial charge in [0.05, 0.1) is 24.2 Å². The molecule has 1 unspecified atom stereocenters. The van der Waals surface area contributed by atoms with E-state index >= 15 is 0 Å². The third kappa shape index (κ3) is 3.88. The van der Waals surface area contributed by atoms with E-state index in [0.717, 1.165) is 5.69 Å². The summed E-state index contributed by atoms with van der Waals surface area (Å²) in [5.41, 5.74) is 7.36. The van der Waals surface area contributed by atoms with Crippen molar-refractivity contribution in [1.82, 2.24) is 0 Å². The van der Waals surface area contributed by atoms with Gasteiger partial charge in [-0.1, -0.05) is 0 Å². The Morgan fingerprint density at radius 1 is 1.58 bits per heavy atom. The van der Waals surface area contributed by atoms with Crippen molar-refractivity contribution >= 4 is 17.3 Å². The summed E-state index contributed by atoms with van der Waals surface area (Å²) in [5, 5.41) is 8.82. The number of nitrogens with zero attached hydrogens (tertiary/aromatic N) is 2. The Morgan fingerprint density at radius 2 is 2.26 bits per heavy atom. The smallest absolute Gasteiger partial charge is 0.340 e. The molecule has 19 heavy (non-hydrogen) atoms. The zero-order valence-corrected chi connectivity index (χ0v) is 11.5. The molecule has 5 heteroatoms. The normalized spacial score (nSPS) is 11.5. The van der Waals surface area contributed by atoms with Gasteiger partial charge in [-0.25, -0.2) is 4.79 Å². The van der Waals surface area contributed by atoms with Crippen LogP contribution in [0.25, 0.3) is 0 Å². The standard InChI is InChI=1S/C14H19N3O2/c1-4-19-14(18)12-7-11(5-6-13(12)16)17(3)9-10(2)8-15/h5-7,10H,4,9,16H2,1-3H3. The minimum Gasteiger partial charge on any atom is -0.462 e. The number of hydrogen-bond donors (Lipinski definition) is 1. The van der Waals surface area contributed by atoms with Gasteiger partial charge in [0.1, 0.15) is 0 Å². The molecule has 0 aliphatic rings. The Bertz CT molecular complexity index is 494. The van der Waals surface area contributed by atoms with E-state index < -0.39 is 5.97 Å². The maximum Gasteiger partial charge on any atom is 0.340 e. The van der Waals surface area contributed by atoms with E-state index in [1.807, 2.05) is 24.9 Å². The summed E-state index contributed by atoms with van der Waals surface area (Å²) < 4.78 is 4.96. The lowest BCUT2D eigenvalue weighted by atomic mass is 10.1. The number of anilines is 2. The van der Waals surface area contributed by atoms with E-state index in [1.165, 1.54) is 0 Å². The van der Waals surface area contributed by atoms with Gasteiger partial charge < -0.3 is 15.4 Å². The van der Waals surface area contributed by atoms with Gasteiger partial charge in [-0.15, -0.1) is 0 Å². The molecule has 0 spiro atoms. The van der Waals surface area contributed by atoms with Gasteiger partial charge in [0.2, 0.25) is 0 Å². The van der Waals surface area contributed by atoms with Crippen LogP contribution in [0, 0.1) is 17.2 Å². The van der Waals surface area contributed by atoms with Gasteiger partial charge in [-0.05, 0) is 32.0 Å². The molecule has 0 radical (unpaired) electrons. The molecule has 5 nitrogen and oxygen atoms in total. The summed E-state index contributed by atoms with van der Waals surface area (Å²) in [6, 6.07) is 7.37. The highest BCUT2D eigenvalue weighted by Gasteiger charge is 2.14. The Balaban J connectivity index is 2.96. The number of esters is 1. The van der Waals surface area contributed by atoms with Crippen LogP contribution in [0.2, 0.25) is 0 Å². The first-order valence-corrected chi connectivity index (χ1v) is 6.17. The number of nitrogens with two attached hydrogens (primary N) is 1. The lowest BCUT2D eigenvalue weighted by Gasteiger charge is -2.21. The van der Waals surface area contributed by atoms with E-state index in [4.69, 9.17) is 15.7 Å². The molecule has 102 valence electrons. The maximum absolute atomic E-state index is 11.7. The molecule has 0 aliphatic heterocycles. The maximum atomic E-state index is 11.7. The van der Waals surface area contributed by atoms with Gasteiger partial charge in [0.25, 0.3) is 0 Å². The Morgan fingerprint density at radius 3 is 2.84 bits per heavy atom. The zero-order chi connectivity index (χ0) is 14.4. The Labute approximate surface area is 113 Å². The number of carbonyl (C=O) groups excluding carboxylic acids is 1. The highest BCUT2D eigenvalue weighted by molar-refractivity contribution is 5.96. The predicted octanol–water partition coefficient (Wildman–Crippen LogP) is 2.04. The highest BCUT2D eigenvalue weighted by Crippen LogP contribution is 2.22. The molecule has 0 amide bonds. The Hall–Kier alpha value is -2.22. The molecule has 1 aromatic carbocycles. The fraction of sp³-hybridized carbons (Fsp3) is 0.429. The second-order valence-corrected chi connectivity index (χ2v) is 4.40. The molecule has 0 saturated carbocycles. The summed E-state index contributed by atoms with van der Waals surface area (Å²) >= 11 is 0. The molecule has 0 heterocycles. The molecule has 0 aliphatic carbocycles. The number of carbonyl (C=O) groups is 1. The van der Waals surface area contributed by atoms with Crippen LogP contribution in [0.15, 0.2) is 18.2 Å². The first-order chi connectivity index (χ1) is 8.99. The van der Waals surface area contributed by atoms with E-state index in [2.05, 4.69) is 6.07 Å². The molecular formula is C14H19N3O2. The van der Waals surface area contributed by atoms with Crippen molar-refractivity contribution in [3.8, 4) is 6.07 Å². The van der Waals surface area contributed by atoms with Crippen molar-refractivity contribution in [2.45, 2.75) is 13.8 Å². The number of nitriles is 1. The van der Waals surface area contributed by atoms with Crippen LogP contribution in [0.1, 0.15) is 24.2 Å². The minimum atomic E-state index is -0.427. The first kappa shape index (κ1) is 14.8. The van der Waals surface area contributed by atoms with Crippen molar-refractivity contribution in [2.24, 2.45) is 5.92 Å². The van der Waals surface area contributed by atoms with Crippen LogP contribution >= 0.6 is 0 Å². The molecule has 0 aromatic heterocycles. The van der Waals surface area contributed by atoms with E-state index in [9.17, 15) is 4.79 Å². The monoisotopic (exact) mass is 261 g/mol. The van der Waals surface area contributed by atoms with Crippen molar-refractivity contribution in [2.75, 3.05) is 30.8 Å². The van der Waals surface area contributed by atoms with Crippen LogP contribution in [0.4, 0.5) is 11.4 Å². The first-order valence-electron chi connectivity index (χ1n) is 6.17. The molecule has 0 bridgehead atoms. The quantitative estimate of drug-likeness (QED) is 0.648. The molecule has 1 atom stereocenters. The number of nitrogen functional groups attached to an aromatic ring is 1. The van der Waals surface area contributed by atoms with Crippen LogP contribution in [0.5, 0.6) is 0 Å². The van der Waals surface area contributed by atoms with Crippen LogP contribution in [-0.4, -0.2) is 26.2 Å². The summed E-state index contributed by atoms with van der Waals surface area (Å²) in [6.07, 6.45) is 0. The molecule has 2 N–H and O–H groups in total. The minimum absolute atomic E-state index is 0.0893. The van der Waals surface area contributed by atoms with Crippen molar-refractivity contribution in [1.29, 1.82) is 5.26 Å². The number of benzene rings is 1. The van der Waals surface area contributed by atoms with E-state index in [1.54, 1.807) is 19.1 Å². The van der Waals surface area contributed by atoms with E-state index in [0.29, 0.717) is 24.4 Å². The molecule has 1 aromatic rings. The van der Waals surface area contributed by atoms with Crippen LogP contribution in [-0.2, 0) is 4.74 Å². The van der Waals surface area contributed by atoms with Crippen molar-refractivity contribution in [3.05, 3.63) is 23.8 Å². The topological polar surface area (TPSA) is 79.3 Å². The van der Waals surface area contributed by atoms with Gasteiger partial charge >= 0.3 is 5.97 Å². The van der Waals surface area contributed by atoms with Gasteiger partial charge in [-0.2, -0.15) is 5.26 Å². The summed E-state index contributed by atoms with van der Waals surface area (Å²) in [7, 11) is 1.87. The molecular weight excluding hydrogens is 242 g/mol. The van der Waals surface area contributed by atoms with E-state index in [-0.39, 0.29) is 5.92 Å². The average Bonchev–Trinajstić information content (AvgIpc) is 2.39. The number of hydrogen-bond acceptors (Lipinski definition) is 5. The predicted molar refractivity (Wildman–Crippen MR) is 74.9 cm³/mol. The second kappa shape index (κ2) is 6.64. The fourth-order valence-electron chi connectivity index (χ4n) is 1.72. The molecule has 1 rings (SSSR count). The van der Waals surface area contributed by atoms with Gasteiger partial charge in [0, 0.05) is 25.0 Å². The second-order valence-electron chi connectivity index (χ2n) is 4.40.